The molecule has 1 aliphatic carbocycles. The van der Waals surface area contributed by atoms with Crippen molar-refractivity contribution in [3.63, 3.8) is 0 Å². The standard InChI is InChI=1S/C12H18ClN3/c1-11(2,3)10-14-8(13)7-9(15-10)16-12(4)5-6-12/h7H,5-6H2,1-4H3,(H,14,15,16). The third kappa shape index (κ3) is 2.64. The normalized spacial score (nSPS) is 18.3. The van der Waals surface area contributed by atoms with Crippen molar-refractivity contribution in [2.45, 2.75) is 51.5 Å². The van der Waals surface area contributed by atoms with Crippen molar-refractivity contribution < 1.29 is 0 Å². The van der Waals surface area contributed by atoms with Crippen molar-refractivity contribution in [2.24, 2.45) is 0 Å². The quantitative estimate of drug-likeness (QED) is 0.804. The van der Waals surface area contributed by atoms with Gasteiger partial charge in [0.1, 0.15) is 16.8 Å². The van der Waals surface area contributed by atoms with Crippen LogP contribution in [0.25, 0.3) is 0 Å². The van der Waals surface area contributed by atoms with E-state index in [1.807, 2.05) is 0 Å². The summed E-state index contributed by atoms with van der Waals surface area (Å²) in [7, 11) is 0. The molecule has 1 aromatic rings. The van der Waals surface area contributed by atoms with Crippen LogP contribution in [0.3, 0.4) is 0 Å². The van der Waals surface area contributed by atoms with Crippen molar-refractivity contribution in [3.05, 3.63) is 17.0 Å². The summed E-state index contributed by atoms with van der Waals surface area (Å²) >= 11 is 6.01. The summed E-state index contributed by atoms with van der Waals surface area (Å²) in [6.07, 6.45) is 2.39. The fourth-order valence-electron chi connectivity index (χ4n) is 1.44. The number of nitrogens with one attached hydrogen (secondary N) is 1. The van der Waals surface area contributed by atoms with Gasteiger partial charge in [0.15, 0.2) is 0 Å². The molecule has 1 fully saturated rings. The zero-order valence-electron chi connectivity index (χ0n) is 10.3. The number of hydrogen-bond donors (Lipinski definition) is 1. The van der Waals surface area contributed by atoms with Gasteiger partial charge in [0.2, 0.25) is 0 Å². The van der Waals surface area contributed by atoms with Gasteiger partial charge >= 0.3 is 0 Å². The Balaban J connectivity index is 2.29. The predicted octanol–water partition coefficient (Wildman–Crippen LogP) is 3.39. The molecular formula is C12H18ClN3. The molecule has 3 nitrogen and oxygen atoms in total. The molecule has 0 aliphatic heterocycles. The highest BCUT2D eigenvalue weighted by Gasteiger charge is 2.37. The second kappa shape index (κ2) is 3.59. The third-order valence-electron chi connectivity index (χ3n) is 2.80. The van der Waals surface area contributed by atoms with E-state index in [2.05, 4.69) is 43.0 Å². The van der Waals surface area contributed by atoms with E-state index < -0.39 is 0 Å². The van der Waals surface area contributed by atoms with Crippen molar-refractivity contribution in [1.82, 2.24) is 9.97 Å². The first-order chi connectivity index (χ1) is 7.28. The van der Waals surface area contributed by atoms with Crippen molar-refractivity contribution >= 4 is 17.4 Å². The van der Waals surface area contributed by atoms with E-state index in [0.717, 1.165) is 11.6 Å². The summed E-state index contributed by atoms with van der Waals surface area (Å²) in [5.41, 5.74) is 0.138. The van der Waals surface area contributed by atoms with E-state index in [9.17, 15) is 0 Å². The van der Waals surface area contributed by atoms with Crippen LogP contribution in [0.5, 0.6) is 0 Å². The maximum Gasteiger partial charge on any atom is 0.137 e. The first kappa shape index (κ1) is 11.6. The lowest BCUT2D eigenvalue weighted by molar-refractivity contribution is 0.545. The topological polar surface area (TPSA) is 37.8 Å². The number of anilines is 1. The summed E-state index contributed by atoms with van der Waals surface area (Å²) in [5, 5.41) is 3.92. The molecule has 0 radical (unpaired) electrons. The Labute approximate surface area is 102 Å². The molecule has 0 spiro atoms. The van der Waals surface area contributed by atoms with Crippen molar-refractivity contribution in [1.29, 1.82) is 0 Å². The fourth-order valence-corrected chi connectivity index (χ4v) is 1.62. The minimum absolute atomic E-state index is 0.0776. The highest BCUT2D eigenvalue weighted by Crippen LogP contribution is 2.38. The van der Waals surface area contributed by atoms with E-state index in [1.165, 1.54) is 12.8 Å². The Morgan fingerprint density at radius 1 is 1.31 bits per heavy atom. The van der Waals surface area contributed by atoms with Crippen LogP contribution >= 0.6 is 11.6 Å². The Hall–Kier alpha value is -0.830. The summed E-state index contributed by atoms with van der Waals surface area (Å²) in [5.74, 6) is 1.62. The summed E-state index contributed by atoms with van der Waals surface area (Å²) in [6, 6.07) is 1.79. The largest absolute Gasteiger partial charge is 0.365 e. The fraction of sp³-hybridized carbons (Fsp3) is 0.667. The van der Waals surface area contributed by atoms with Crippen LogP contribution in [0.1, 0.15) is 46.4 Å². The number of aromatic nitrogens is 2. The molecule has 1 aromatic heterocycles. The van der Waals surface area contributed by atoms with Gasteiger partial charge in [-0.2, -0.15) is 0 Å². The average Bonchev–Trinajstić information content (AvgIpc) is 2.80. The molecule has 0 amide bonds. The van der Waals surface area contributed by atoms with Crippen molar-refractivity contribution in [2.75, 3.05) is 5.32 Å². The van der Waals surface area contributed by atoms with E-state index in [0.29, 0.717) is 5.15 Å². The maximum absolute atomic E-state index is 6.01. The molecule has 0 aromatic carbocycles. The zero-order valence-corrected chi connectivity index (χ0v) is 11.0. The van der Waals surface area contributed by atoms with Gasteiger partial charge in [-0.15, -0.1) is 0 Å². The van der Waals surface area contributed by atoms with E-state index >= 15 is 0 Å². The highest BCUT2D eigenvalue weighted by molar-refractivity contribution is 6.29. The number of rotatable bonds is 2. The molecule has 88 valence electrons. The van der Waals surface area contributed by atoms with Gasteiger partial charge in [0, 0.05) is 17.0 Å². The smallest absolute Gasteiger partial charge is 0.137 e. The second-order valence-corrected chi connectivity index (χ2v) is 6.22. The lowest BCUT2D eigenvalue weighted by Gasteiger charge is -2.19. The van der Waals surface area contributed by atoms with Crippen LogP contribution in [0.2, 0.25) is 5.15 Å². The van der Waals surface area contributed by atoms with Gasteiger partial charge in [0.05, 0.1) is 0 Å². The molecule has 0 bridgehead atoms. The summed E-state index contributed by atoms with van der Waals surface area (Å²) < 4.78 is 0. The Kier molecular flexibility index (Phi) is 2.61. The molecule has 1 saturated carbocycles. The summed E-state index contributed by atoms with van der Waals surface area (Å²) in [4.78, 5) is 8.79. The molecule has 1 N–H and O–H groups in total. The molecule has 0 saturated heterocycles. The Morgan fingerprint density at radius 3 is 2.44 bits per heavy atom. The maximum atomic E-state index is 6.01. The lowest BCUT2D eigenvalue weighted by atomic mass is 9.96. The average molecular weight is 240 g/mol. The van der Waals surface area contributed by atoms with Gasteiger partial charge in [0.25, 0.3) is 0 Å². The van der Waals surface area contributed by atoms with E-state index in [1.54, 1.807) is 6.07 Å². The SMILES string of the molecule is CC1(Nc2cc(Cl)nc(C(C)(C)C)n2)CC1. The number of halogens is 1. The van der Waals surface area contributed by atoms with Crippen LogP contribution in [-0.2, 0) is 5.41 Å². The van der Waals surface area contributed by atoms with Gasteiger partial charge < -0.3 is 5.32 Å². The Bertz CT molecular complexity index is 405. The van der Waals surface area contributed by atoms with Crippen LogP contribution in [0.4, 0.5) is 5.82 Å². The first-order valence-electron chi connectivity index (χ1n) is 5.62. The van der Waals surface area contributed by atoms with Crippen LogP contribution in [0.15, 0.2) is 6.07 Å². The van der Waals surface area contributed by atoms with E-state index in [-0.39, 0.29) is 11.0 Å². The van der Waals surface area contributed by atoms with Gasteiger partial charge in [-0.1, -0.05) is 32.4 Å². The molecular weight excluding hydrogens is 222 g/mol. The van der Waals surface area contributed by atoms with Gasteiger partial charge in [-0.3, -0.25) is 0 Å². The first-order valence-corrected chi connectivity index (χ1v) is 6.00. The zero-order chi connectivity index (χ0) is 12.0. The second-order valence-electron chi connectivity index (χ2n) is 5.84. The third-order valence-corrected chi connectivity index (χ3v) is 2.99. The minimum atomic E-state index is -0.0776. The molecule has 16 heavy (non-hydrogen) atoms. The lowest BCUT2D eigenvalue weighted by Crippen LogP contribution is -2.21. The number of hydrogen-bond acceptors (Lipinski definition) is 3. The predicted molar refractivity (Wildman–Crippen MR) is 67.0 cm³/mol. The Morgan fingerprint density at radius 2 is 1.94 bits per heavy atom. The molecule has 0 unspecified atom stereocenters. The molecule has 4 heteroatoms. The monoisotopic (exact) mass is 239 g/mol. The molecule has 0 atom stereocenters. The van der Waals surface area contributed by atoms with Crippen LogP contribution in [0, 0.1) is 0 Å². The summed E-state index contributed by atoms with van der Waals surface area (Å²) in [6.45, 7) is 8.45. The van der Waals surface area contributed by atoms with Gasteiger partial charge in [-0.25, -0.2) is 9.97 Å². The molecule has 1 aliphatic rings. The van der Waals surface area contributed by atoms with Crippen molar-refractivity contribution in [3.8, 4) is 0 Å². The minimum Gasteiger partial charge on any atom is -0.365 e. The molecule has 1 heterocycles. The van der Waals surface area contributed by atoms with Crippen LogP contribution in [-0.4, -0.2) is 15.5 Å². The van der Waals surface area contributed by atoms with Crippen LogP contribution < -0.4 is 5.32 Å². The van der Waals surface area contributed by atoms with Gasteiger partial charge in [-0.05, 0) is 19.8 Å². The van der Waals surface area contributed by atoms with E-state index in [4.69, 9.17) is 11.6 Å². The number of nitrogens with zero attached hydrogens (tertiary/aromatic N) is 2. The molecule has 2 rings (SSSR count). The highest BCUT2D eigenvalue weighted by atomic mass is 35.5.